The minimum atomic E-state index is -0.614. The Morgan fingerprint density at radius 1 is 1.21 bits per heavy atom. The minimum Gasteiger partial charge on any atom is -0.339 e. The van der Waals surface area contributed by atoms with Crippen molar-refractivity contribution < 1.29 is 14.0 Å². The molecule has 0 aromatic heterocycles. The number of halogens is 2. The van der Waals surface area contributed by atoms with E-state index in [4.69, 9.17) is 11.6 Å². The van der Waals surface area contributed by atoms with E-state index in [1.807, 2.05) is 6.92 Å². The van der Waals surface area contributed by atoms with Crippen molar-refractivity contribution in [3.63, 3.8) is 0 Å². The van der Waals surface area contributed by atoms with Crippen LogP contribution in [0.15, 0.2) is 18.2 Å². The summed E-state index contributed by atoms with van der Waals surface area (Å²) >= 11 is 5.96. The van der Waals surface area contributed by atoms with E-state index < -0.39 is 11.7 Å². The summed E-state index contributed by atoms with van der Waals surface area (Å²) in [5.74, 6) is -0.500. The van der Waals surface area contributed by atoms with Gasteiger partial charge < -0.3 is 15.1 Å². The maximum atomic E-state index is 13.9. The number of nitrogens with one attached hydrogen (secondary N) is 1. The van der Waals surface area contributed by atoms with Crippen LogP contribution in [-0.4, -0.2) is 60.9 Å². The second-order valence-electron chi connectivity index (χ2n) is 6.42. The number of piperazine rings is 1. The van der Waals surface area contributed by atoms with Crippen LogP contribution in [0, 0.1) is 17.7 Å². The van der Waals surface area contributed by atoms with Crippen LogP contribution < -0.4 is 5.32 Å². The SMILES string of the molecule is CC(C(=O)N1CCN(C(=O)c2c(F)cccc2Cl)CC1)C1CNC1. The quantitative estimate of drug-likeness (QED) is 0.898. The average molecular weight is 354 g/mol. The van der Waals surface area contributed by atoms with Gasteiger partial charge in [0.15, 0.2) is 0 Å². The lowest BCUT2D eigenvalue weighted by Gasteiger charge is -2.39. The highest BCUT2D eigenvalue weighted by Gasteiger charge is 2.34. The summed E-state index contributed by atoms with van der Waals surface area (Å²) in [6, 6.07) is 4.21. The molecule has 7 heteroatoms. The van der Waals surface area contributed by atoms with Gasteiger partial charge in [0.1, 0.15) is 5.82 Å². The van der Waals surface area contributed by atoms with Gasteiger partial charge in [0.25, 0.3) is 5.91 Å². The van der Waals surface area contributed by atoms with Gasteiger partial charge in [-0.2, -0.15) is 0 Å². The Labute approximate surface area is 145 Å². The Balaban J connectivity index is 1.60. The van der Waals surface area contributed by atoms with Gasteiger partial charge in [0.05, 0.1) is 10.6 Å². The van der Waals surface area contributed by atoms with Crippen LogP contribution in [0.5, 0.6) is 0 Å². The fourth-order valence-corrected chi connectivity index (χ4v) is 3.39. The van der Waals surface area contributed by atoms with Gasteiger partial charge in [-0.1, -0.05) is 24.6 Å². The Bertz CT molecular complexity index is 622. The van der Waals surface area contributed by atoms with E-state index in [1.54, 1.807) is 9.80 Å². The van der Waals surface area contributed by atoms with E-state index in [0.717, 1.165) is 13.1 Å². The van der Waals surface area contributed by atoms with E-state index in [0.29, 0.717) is 32.1 Å². The third kappa shape index (κ3) is 3.26. The molecule has 3 rings (SSSR count). The molecular weight excluding hydrogens is 333 g/mol. The molecule has 1 aromatic carbocycles. The molecule has 0 spiro atoms. The van der Waals surface area contributed by atoms with Gasteiger partial charge in [-0.3, -0.25) is 9.59 Å². The zero-order chi connectivity index (χ0) is 17.3. The van der Waals surface area contributed by atoms with Crippen LogP contribution in [-0.2, 0) is 4.79 Å². The molecule has 2 aliphatic rings. The first kappa shape index (κ1) is 17.2. The molecule has 2 aliphatic heterocycles. The number of benzene rings is 1. The Hall–Kier alpha value is -1.66. The first-order valence-corrected chi connectivity index (χ1v) is 8.59. The lowest BCUT2D eigenvalue weighted by atomic mass is 9.88. The van der Waals surface area contributed by atoms with Gasteiger partial charge in [-0.05, 0) is 31.1 Å². The fraction of sp³-hybridized carbons (Fsp3) is 0.529. The molecule has 1 aromatic rings. The van der Waals surface area contributed by atoms with E-state index in [2.05, 4.69) is 5.32 Å². The topological polar surface area (TPSA) is 52.7 Å². The summed E-state index contributed by atoms with van der Waals surface area (Å²) < 4.78 is 13.9. The van der Waals surface area contributed by atoms with Gasteiger partial charge >= 0.3 is 0 Å². The van der Waals surface area contributed by atoms with Crippen molar-refractivity contribution in [3.05, 3.63) is 34.6 Å². The van der Waals surface area contributed by atoms with E-state index >= 15 is 0 Å². The van der Waals surface area contributed by atoms with Crippen molar-refractivity contribution in [2.24, 2.45) is 11.8 Å². The number of rotatable bonds is 3. The van der Waals surface area contributed by atoms with Crippen molar-refractivity contribution in [1.29, 1.82) is 0 Å². The monoisotopic (exact) mass is 353 g/mol. The van der Waals surface area contributed by atoms with E-state index in [-0.39, 0.29) is 22.4 Å². The Morgan fingerprint density at radius 3 is 2.38 bits per heavy atom. The summed E-state index contributed by atoms with van der Waals surface area (Å²) in [6.45, 7) is 5.47. The molecule has 0 bridgehead atoms. The molecule has 1 N–H and O–H groups in total. The van der Waals surface area contributed by atoms with Crippen LogP contribution in [0.2, 0.25) is 5.02 Å². The number of carbonyl (C=O) groups is 2. The largest absolute Gasteiger partial charge is 0.339 e. The summed E-state index contributed by atoms with van der Waals surface area (Å²) in [5, 5.41) is 3.29. The zero-order valence-corrected chi connectivity index (χ0v) is 14.4. The number of carbonyl (C=O) groups excluding carboxylic acids is 2. The minimum absolute atomic E-state index is 0.00508. The van der Waals surface area contributed by atoms with Gasteiger partial charge in [0.2, 0.25) is 5.91 Å². The molecule has 5 nitrogen and oxygen atoms in total. The highest BCUT2D eigenvalue weighted by molar-refractivity contribution is 6.33. The molecule has 1 atom stereocenters. The molecule has 2 amide bonds. The van der Waals surface area contributed by atoms with Crippen LogP contribution in [0.1, 0.15) is 17.3 Å². The van der Waals surface area contributed by atoms with Crippen LogP contribution >= 0.6 is 11.6 Å². The van der Waals surface area contributed by atoms with Crippen molar-refractivity contribution in [2.75, 3.05) is 39.3 Å². The maximum absolute atomic E-state index is 13.9. The molecule has 130 valence electrons. The molecule has 0 saturated carbocycles. The van der Waals surface area contributed by atoms with Crippen molar-refractivity contribution in [2.45, 2.75) is 6.92 Å². The number of amides is 2. The summed E-state index contributed by atoms with van der Waals surface area (Å²) in [4.78, 5) is 28.4. The zero-order valence-electron chi connectivity index (χ0n) is 13.6. The molecule has 0 aliphatic carbocycles. The van der Waals surface area contributed by atoms with Crippen molar-refractivity contribution in [3.8, 4) is 0 Å². The number of nitrogens with zero attached hydrogens (tertiary/aromatic N) is 2. The molecular formula is C17H21ClFN3O2. The van der Waals surface area contributed by atoms with E-state index in [9.17, 15) is 14.0 Å². The predicted octanol–water partition coefficient (Wildman–Crippen LogP) is 1.62. The standard InChI is InChI=1S/C17H21ClFN3O2/c1-11(12-9-20-10-12)16(23)21-5-7-22(8-6-21)17(24)15-13(18)3-2-4-14(15)19/h2-4,11-12,20H,5-10H2,1H3. The molecule has 0 radical (unpaired) electrons. The normalized spacial score (nSPS) is 19.8. The molecule has 2 heterocycles. The smallest absolute Gasteiger partial charge is 0.258 e. The lowest BCUT2D eigenvalue weighted by Crippen LogP contribution is -2.55. The van der Waals surface area contributed by atoms with Gasteiger partial charge in [-0.25, -0.2) is 4.39 Å². The van der Waals surface area contributed by atoms with Crippen LogP contribution in [0.3, 0.4) is 0 Å². The third-order valence-corrected chi connectivity index (χ3v) is 5.28. The summed E-state index contributed by atoms with van der Waals surface area (Å²) in [5.41, 5.74) is -0.0900. The van der Waals surface area contributed by atoms with Gasteiger partial charge in [-0.15, -0.1) is 0 Å². The Kier molecular flexibility index (Phi) is 5.06. The molecule has 2 fully saturated rings. The highest BCUT2D eigenvalue weighted by atomic mass is 35.5. The first-order chi connectivity index (χ1) is 11.5. The number of hydrogen-bond acceptors (Lipinski definition) is 3. The number of hydrogen-bond donors (Lipinski definition) is 1. The van der Waals surface area contributed by atoms with E-state index in [1.165, 1.54) is 18.2 Å². The summed E-state index contributed by atoms with van der Waals surface area (Å²) in [6.07, 6.45) is 0. The van der Waals surface area contributed by atoms with Crippen molar-refractivity contribution in [1.82, 2.24) is 15.1 Å². The second-order valence-corrected chi connectivity index (χ2v) is 6.83. The predicted molar refractivity (Wildman–Crippen MR) is 89.4 cm³/mol. The highest BCUT2D eigenvalue weighted by Crippen LogP contribution is 2.23. The summed E-state index contributed by atoms with van der Waals surface area (Å²) in [7, 11) is 0. The average Bonchev–Trinajstić information content (AvgIpc) is 2.52. The van der Waals surface area contributed by atoms with Crippen LogP contribution in [0.25, 0.3) is 0 Å². The Morgan fingerprint density at radius 2 is 1.83 bits per heavy atom. The lowest BCUT2D eigenvalue weighted by molar-refractivity contribution is -0.138. The van der Waals surface area contributed by atoms with Gasteiger partial charge in [0, 0.05) is 32.1 Å². The maximum Gasteiger partial charge on any atom is 0.258 e. The fourth-order valence-electron chi connectivity index (χ4n) is 3.14. The molecule has 1 unspecified atom stereocenters. The third-order valence-electron chi connectivity index (χ3n) is 4.96. The second kappa shape index (κ2) is 7.07. The van der Waals surface area contributed by atoms with Crippen molar-refractivity contribution >= 4 is 23.4 Å². The molecule has 2 saturated heterocycles. The first-order valence-electron chi connectivity index (χ1n) is 8.22. The molecule has 24 heavy (non-hydrogen) atoms. The van der Waals surface area contributed by atoms with Crippen LogP contribution in [0.4, 0.5) is 4.39 Å².